The largest absolute Gasteiger partial charge is 0.360 e. The van der Waals surface area contributed by atoms with E-state index in [1.165, 1.54) is 31.4 Å². The minimum absolute atomic E-state index is 0.117. The Labute approximate surface area is 175 Å². The van der Waals surface area contributed by atoms with Crippen molar-refractivity contribution < 1.29 is 9.32 Å². The van der Waals surface area contributed by atoms with E-state index in [2.05, 4.69) is 23.6 Å². The standard InChI is InChI=1S/C22H28N4O2S/c1-13-10-19(17(5)25(13)21-11-14(2)28-24-21)20(27)12-29-22-23-15(3)16(4)26(22)18-8-6-7-9-18/h10-11,18H,6-9,12H2,1-5H3. The number of aryl methyl sites for hydroxylation is 3. The van der Waals surface area contributed by atoms with Crippen LogP contribution in [0.2, 0.25) is 0 Å². The van der Waals surface area contributed by atoms with Crippen LogP contribution in [0.25, 0.3) is 5.82 Å². The van der Waals surface area contributed by atoms with Gasteiger partial charge in [0.05, 0.1) is 11.4 Å². The predicted octanol–water partition coefficient (Wildman–Crippen LogP) is 5.29. The van der Waals surface area contributed by atoms with Gasteiger partial charge in [-0.2, -0.15) is 0 Å². The molecule has 4 rings (SSSR count). The molecule has 3 heterocycles. The highest BCUT2D eigenvalue weighted by atomic mass is 32.2. The molecule has 1 aliphatic carbocycles. The summed E-state index contributed by atoms with van der Waals surface area (Å²) in [5, 5.41) is 5.07. The lowest BCUT2D eigenvalue weighted by molar-refractivity contribution is 0.102. The fourth-order valence-corrected chi connectivity index (χ4v) is 5.40. The van der Waals surface area contributed by atoms with Gasteiger partial charge in [0.15, 0.2) is 16.8 Å². The topological polar surface area (TPSA) is 65.8 Å². The molecule has 0 radical (unpaired) electrons. The lowest BCUT2D eigenvalue weighted by atomic mass is 10.2. The van der Waals surface area contributed by atoms with Crippen molar-refractivity contribution in [1.82, 2.24) is 19.3 Å². The second-order valence-electron chi connectivity index (χ2n) is 8.00. The number of ketones is 1. The monoisotopic (exact) mass is 412 g/mol. The number of rotatable bonds is 6. The molecule has 154 valence electrons. The van der Waals surface area contributed by atoms with Crippen molar-refractivity contribution >= 4 is 17.5 Å². The Hall–Kier alpha value is -2.28. The molecule has 3 aromatic rings. The van der Waals surface area contributed by atoms with E-state index in [0.717, 1.165) is 33.6 Å². The number of imidazole rings is 1. The predicted molar refractivity (Wildman–Crippen MR) is 114 cm³/mol. The highest BCUT2D eigenvalue weighted by molar-refractivity contribution is 7.99. The number of nitrogens with zero attached hydrogens (tertiary/aromatic N) is 4. The summed E-state index contributed by atoms with van der Waals surface area (Å²) < 4.78 is 9.55. The molecular weight excluding hydrogens is 384 g/mol. The van der Waals surface area contributed by atoms with Crippen LogP contribution in [-0.2, 0) is 0 Å². The van der Waals surface area contributed by atoms with Crippen LogP contribution in [0.4, 0.5) is 0 Å². The quantitative estimate of drug-likeness (QED) is 0.406. The maximum atomic E-state index is 13.1. The van der Waals surface area contributed by atoms with E-state index in [9.17, 15) is 4.79 Å². The van der Waals surface area contributed by atoms with Gasteiger partial charge in [-0.1, -0.05) is 29.8 Å². The van der Waals surface area contributed by atoms with Crippen LogP contribution < -0.4 is 0 Å². The molecule has 3 aromatic heterocycles. The third kappa shape index (κ3) is 3.68. The second-order valence-corrected chi connectivity index (χ2v) is 8.94. The van der Waals surface area contributed by atoms with Crippen LogP contribution >= 0.6 is 11.8 Å². The minimum atomic E-state index is 0.117. The summed E-state index contributed by atoms with van der Waals surface area (Å²) in [5.41, 5.74) is 4.90. The summed E-state index contributed by atoms with van der Waals surface area (Å²) >= 11 is 1.55. The van der Waals surface area contributed by atoms with Gasteiger partial charge in [-0.15, -0.1) is 0 Å². The molecule has 0 saturated heterocycles. The molecule has 1 fully saturated rings. The van der Waals surface area contributed by atoms with Gasteiger partial charge in [0.25, 0.3) is 0 Å². The van der Waals surface area contributed by atoms with Gasteiger partial charge in [-0.3, -0.25) is 9.36 Å². The number of carbonyl (C=O) groups is 1. The number of Topliss-reactive ketones (excluding diaryl/α,β-unsaturated/α-hetero) is 1. The van der Waals surface area contributed by atoms with E-state index in [0.29, 0.717) is 17.6 Å². The van der Waals surface area contributed by atoms with Gasteiger partial charge in [0.2, 0.25) is 0 Å². The van der Waals surface area contributed by atoms with Crippen LogP contribution in [0.5, 0.6) is 0 Å². The molecule has 7 heteroatoms. The zero-order chi connectivity index (χ0) is 20.7. The Morgan fingerprint density at radius 3 is 2.52 bits per heavy atom. The number of thioether (sulfide) groups is 1. The smallest absolute Gasteiger partial charge is 0.180 e. The van der Waals surface area contributed by atoms with Crippen molar-refractivity contribution in [2.24, 2.45) is 0 Å². The van der Waals surface area contributed by atoms with Crippen molar-refractivity contribution in [1.29, 1.82) is 0 Å². The fourth-order valence-electron chi connectivity index (χ4n) is 4.35. The van der Waals surface area contributed by atoms with Gasteiger partial charge < -0.3 is 9.09 Å². The average molecular weight is 413 g/mol. The van der Waals surface area contributed by atoms with Crippen molar-refractivity contribution in [3.8, 4) is 5.82 Å². The molecule has 0 aliphatic heterocycles. The first-order chi connectivity index (χ1) is 13.9. The van der Waals surface area contributed by atoms with Crippen LogP contribution in [-0.4, -0.2) is 30.8 Å². The maximum absolute atomic E-state index is 13.1. The molecule has 0 atom stereocenters. The molecule has 0 bridgehead atoms. The lowest BCUT2D eigenvalue weighted by Gasteiger charge is -2.16. The molecule has 1 saturated carbocycles. The van der Waals surface area contributed by atoms with E-state index >= 15 is 0 Å². The highest BCUT2D eigenvalue weighted by Gasteiger charge is 2.24. The van der Waals surface area contributed by atoms with Crippen molar-refractivity contribution in [2.75, 3.05) is 5.75 Å². The van der Waals surface area contributed by atoms with Crippen LogP contribution in [0.15, 0.2) is 21.8 Å². The Morgan fingerprint density at radius 2 is 1.86 bits per heavy atom. The lowest BCUT2D eigenvalue weighted by Crippen LogP contribution is -2.10. The zero-order valence-corrected chi connectivity index (χ0v) is 18.6. The number of hydrogen-bond donors (Lipinski definition) is 0. The molecule has 0 amide bonds. The number of aromatic nitrogens is 4. The van der Waals surface area contributed by atoms with Crippen molar-refractivity contribution in [3.63, 3.8) is 0 Å². The first-order valence-corrected chi connectivity index (χ1v) is 11.2. The van der Waals surface area contributed by atoms with Gasteiger partial charge in [-0.25, -0.2) is 4.98 Å². The van der Waals surface area contributed by atoms with Crippen LogP contribution in [0.1, 0.15) is 70.6 Å². The normalized spacial score (nSPS) is 14.8. The summed E-state index contributed by atoms with van der Waals surface area (Å²) in [7, 11) is 0. The van der Waals surface area contributed by atoms with Gasteiger partial charge in [-0.05, 0) is 53.5 Å². The van der Waals surface area contributed by atoms with E-state index in [1.807, 2.05) is 37.5 Å². The molecular formula is C22H28N4O2S. The summed E-state index contributed by atoms with van der Waals surface area (Å²) in [4.78, 5) is 17.8. The first-order valence-electron chi connectivity index (χ1n) is 10.2. The molecule has 29 heavy (non-hydrogen) atoms. The minimum Gasteiger partial charge on any atom is -0.360 e. The van der Waals surface area contributed by atoms with E-state index in [4.69, 9.17) is 9.51 Å². The number of hydrogen-bond acceptors (Lipinski definition) is 5. The summed E-state index contributed by atoms with van der Waals surface area (Å²) in [5.74, 6) is 1.96. The highest BCUT2D eigenvalue weighted by Crippen LogP contribution is 2.35. The Bertz CT molecular complexity index is 1050. The maximum Gasteiger partial charge on any atom is 0.180 e. The fraction of sp³-hybridized carbons (Fsp3) is 0.500. The van der Waals surface area contributed by atoms with Crippen LogP contribution in [0, 0.1) is 34.6 Å². The Balaban J connectivity index is 1.55. The molecule has 1 aliphatic rings. The third-order valence-corrected chi connectivity index (χ3v) is 6.91. The summed E-state index contributed by atoms with van der Waals surface area (Å²) in [6.07, 6.45) is 4.96. The summed E-state index contributed by atoms with van der Waals surface area (Å²) in [6.45, 7) is 10.0. The molecule has 0 spiro atoms. The SMILES string of the molecule is Cc1cc(-n2c(C)cc(C(=O)CSc3nc(C)c(C)n3C3CCCC3)c2C)no1. The van der Waals surface area contributed by atoms with Crippen LogP contribution in [0.3, 0.4) is 0 Å². The zero-order valence-electron chi connectivity index (χ0n) is 17.8. The van der Waals surface area contributed by atoms with E-state index in [1.54, 1.807) is 11.8 Å². The number of carbonyl (C=O) groups excluding carboxylic acids is 1. The van der Waals surface area contributed by atoms with Gasteiger partial charge >= 0.3 is 0 Å². The molecule has 0 N–H and O–H groups in total. The van der Waals surface area contributed by atoms with Crippen molar-refractivity contribution in [2.45, 2.75) is 71.5 Å². The van der Waals surface area contributed by atoms with Crippen molar-refractivity contribution in [3.05, 3.63) is 46.2 Å². The molecule has 0 unspecified atom stereocenters. The third-order valence-electron chi connectivity index (χ3n) is 5.95. The Kier molecular flexibility index (Phi) is 5.42. The molecule has 6 nitrogen and oxygen atoms in total. The van der Waals surface area contributed by atoms with E-state index in [-0.39, 0.29) is 5.78 Å². The summed E-state index contributed by atoms with van der Waals surface area (Å²) in [6, 6.07) is 4.35. The van der Waals surface area contributed by atoms with Gasteiger partial charge in [0, 0.05) is 34.8 Å². The van der Waals surface area contributed by atoms with E-state index < -0.39 is 0 Å². The first kappa shape index (κ1) is 20.0. The Morgan fingerprint density at radius 1 is 1.14 bits per heavy atom. The van der Waals surface area contributed by atoms with Gasteiger partial charge in [0.1, 0.15) is 5.76 Å². The second kappa shape index (κ2) is 7.86. The average Bonchev–Trinajstić information content (AvgIpc) is 3.44. The molecule has 0 aromatic carbocycles.